The Morgan fingerprint density at radius 1 is 1.21 bits per heavy atom. The van der Waals surface area contributed by atoms with Crippen LogP contribution in [-0.2, 0) is 6.18 Å². The number of benzene rings is 1. The van der Waals surface area contributed by atoms with Crippen LogP contribution in [0.15, 0.2) is 41.0 Å². The number of nitrogens with two attached hydrogens (primary N) is 1. The lowest BCUT2D eigenvalue weighted by atomic mass is 10.0. The smallest absolute Gasteiger partial charge is 0.419 e. The third kappa shape index (κ3) is 2.77. The van der Waals surface area contributed by atoms with Gasteiger partial charge in [0, 0.05) is 0 Å². The van der Waals surface area contributed by atoms with E-state index in [4.69, 9.17) is 10.3 Å². The fourth-order valence-corrected chi connectivity index (χ4v) is 1.74. The van der Waals surface area contributed by atoms with Crippen molar-refractivity contribution in [2.24, 2.45) is 5.84 Å². The average Bonchev–Trinajstić information content (AvgIpc) is 2.82. The van der Waals surface area contributed by atoms with Crippen LogP contribution in [0.1, 0.15) is 22.9 Å². The molecule has 3 N–H and O–H groups in total. The average molecular weight is 274 g/mol. The van der Waals surface area contributed by atoms with Crippen molar-refractivity contribution in [1.29, 1.82) is 0 Å². The molecular formula is C12H10F4N2O. The number of nitrogens with one attached hydrogen (secondary N) is 1. The molecule has 3 nitrogen and oxygen atoms in total. The van der Waals surface area contributed by atoms with Gasteiger partial charge in [0.15, 0.2) is 0 Å². The van der Waals surface area contributed by atoms with Crippen molar-refractivity contribution in [1.82, 2.24) is 5.43 Å². The van der Waals surface area contributed by atoms with Gasteiger partial charge in [0.2, 0.25) is 0 Å². The molecule has 2 aromatic rings. The zero-order valence-electron chi connectivity index (χ0n) is 9.54. The van der Waals surface area contributed by atoms with E-state index in [-0.39, 0.29) is 5.56 Å². The predicted molar refractivity (Wildman–Crippen MR) is 59.3 cm³/mol. The Balaban J connectivity index is 2.39. The highest BCUT2D eigenvalue weighted by Crippen LogP contribution is 2.33. The van der Waals surface area contributed by atoms with Gasteiger partial charge in [0.1, 0.15) is 17.6 Å². The molecule has 19 heavy (non-hydrogen) atoms. The van der Waals surface area contributed by atoms with Crippen LogP contribution >= 0.6 is 0 Å². The highest BCUT2D eigenvalue weighted by Gasteiger charge is 2.34. The first-order chi connectivity index (χ1) is 8.93. The Hall–Kier alpha value is -1.86. The minimum atomic E-state index is -4.72. The van der Waals surface area contributed by atoms with Gasteiger partial charge in [-0.15, -0.1) is 0 Å². The summed E-state index contributed by atoms with van der Waals surface area (Å²) in [5.74, 6) is 4.34. The SMILES string of the molecule is NNC(c1ccc(C(F)(F)F)c(F)c1)c1ccco1. The highest BCUT2D eigenvalue weighted by molar-refractivity contribution is 5.32. The molecule has 1 aromatic carbocycles. The molecule has 0 amide bonds. The van der Waals surface area contributed by atoms with Gasteiger partial charge in [-0.1, -0.05) is 6.07 Å². The Bertz CT molecular complexity index is 551. The Kier molecular flexibility index (Phi) is 3.59. The summed E-state index contributed by atoms with van der Waals surface area (Å²) in [6, 6.07) is 5.08. The first-order valence-corrected chi connectivity index (χ1v) is 5.29. The molecule has 1 heterocycles. The Morgan fingerprint density at radius 3 is 2.42 bits per heavy atom. The molecule has 1 aromatic heterocycles. The minimum Gasteiger partial charge on any atom is -0.467 e. The molecule has 2 rings (SSSR count). The van der Waals surface area contributed by atoms with E-state index in [9.17, 15) is 17.6 Å². The molecule has 1 unspecified atom stereocenters. The summed E-state index contributed by atoms with van der Waals surface area (Å²) < 4.78 is 55.9. The Morgan fingerprint density at radius 2 is 1.95 bits per heavy atom. The maximum Gasteiger partial charge on any atom is 0.419 e. The summed E-state index contributed by atoms with van der Waals surface area (Å²) in [5.41, 5.74) is 1.29. The first-order valence-electron chi connectivity index (χ1n) is 5.29. The van der Waals surface area contributed by atoms with Gasteiger partial charge in [-0.3, -0.25) is 5.84 Å². The quantitative estimate of drug-likeness (QED) is 0.514. The van der Waals surface area contributed by atoms with Crippen molar-refractivity contribution in [2.45, 2.75) is 12.2 Å². The number of hydrazine groups is 1. The molecule has 0 fully saturated rings. The summed E-state index contributed by atoms with van der Waals surface area (Å²) in [6.45, 7) is 0. The second-order valence-electron chi connectivity index (χ2n) is 3.85. The zero-order valence-corrected chi connectivity index (χ0v) is 9.54. The Labute approximate surface area is 106 Å². The molecule has 0 aliphatic carbocycles. The largest absolute Gasteiger partial charge is 0.467 e. The summed E-state index contributed by atoms with van der Waals surface area (Å²) in [4.78, 5) is 0. The molecule has 0 radical (unpaired) electrons. The molecule has 0 aliphatic heterocycles. The lowest BCUT2D eigenvalue weighted by Crippen LogP contribution is -2.28. The van der Waals surface area contributed by atoms with Crippen LogP contribution in [0.2, 0.25) is 0 Å². The lowest BCUT2D eigenvalue weighted by molar-refractivity contribution is -0.140. The molecule has 102 valence electrons. The van der Waals surface area contributed by atoms with E-state index in [1.807, 2.05) is 0 Å². The summed E-state index contributed by atoms with van der Waals surface area (Å²) in [6.07, 6.45) is -3.33. The van der Waals surface area contributed by atoms with Gasteiger partial charge in [-0.05, 0) is 29.8 Å². The molecule has 0 saturated heterocycles. The topological polar surface area (TPSA) is 51.2 Å². The second-order valence-corrected chi connectivity index (χ2v) is 3.85. The fraction of sp³-hybridized carbons (Fsp3) is 0.167. The van der Waals surface area contributed by atoms with Gasteiger partial charge < -0.3 is 4.42 Å². The molecule has 0 saturated carbocycles. The first kappa shape index (κ1) is 13.6. The molecule has 1 atom stereocenters. The highest BCUT2D eigenvalue weighted by atomic mass is 19.4. The minimum absolute atomic E-state index is 0.239. The van der Waals surface area contributed by atoms with E-state index in [1.165, 1.54) is 6.26 Å². The summed E-state index contributed by atoms with van der Waals surface area (Å²) >= 11 is 0. The number of hydrogen-bond acceptors (Lipinski definition) is 3. The standard InChI is InChI=1S/C12H10F4N2O/c13-9-6-7(3-4-8(9)12(14,15)16)11(18-17)10-2-1-5-19-10/h1-6,11,18H,17H2. The number of rotatable bonds is 3. The van der Waals surface area contributed by atoms with Gasteiger partial charge in [0.05, 0.1) is 11.8 Å². The van der Waals surface area contributed by atoms with Crippen molar-refractivity contribution in [3.63, 3.8) is 0 Å². The molecule has 0 aliphatic rings. The van der Waals surface area contributed by atoms with Gasteiger partial charge in [-0.2, -0.15) is 13.2 Å². The molecule has 0 bridgehead atoms. The number of alkyl halides is 3. The molecule has 7 heteroatoms. The number of hydrogen-bond donors (Lipinski definition) is 2. The maximum absolute atomic E-state index is 13.5. The zero-order chi connectivity index (χ0) is 14.0. The van der Waals surface area contributed by atoms with Crippen LogP contribution < -0.4 is 11.3 Å². The summed E-state index contributed by atoms with van der Waals surface area (Å²) in [5, 5.41) is 0. The monoisotopic (exact) mass is 274 g/mol. The predicted octanol–water partition coefficient (Wildman–Crippen LogP) is 2.99. The van der Waals surface area contributed by atoms with Crippen molar-refractivity contribution < 1.29 is 22.0 Å². The van der Waals surface area contributed by atoms with E-state index < -0.39 is 23.6 Å². The van der Waals surface area contributed by atoms with Crippen LogP contribution in [0.25, 0.3) is 0 Å². The van der Waals surface area contributed by atoms with Crippen LogP contribution in [-0.4, -0.2) is 0 Å². The van der Waals surface area contributed by atoms with Crippen LogP contribution in [0.4, 0.5) is 17.6 Å². The van der Waals surface area contributed by atoms with E-state index in [0.717, 1.165) is 12.1 Å². The maximum atomic E-state index is 13.5. The number of halogens is 4. The van der Waals surface area contributed by atoms with Crippen LogP contribution in [0.3, 0.4) is 0 Å². The van der Waals surface area contributed by atoms with Gasteiger partial charge >= 0.3 is 6.18 Å². The van der Waals surface area contributed by atoms with Crippen molar-refractivity contribution in [3.8, 4) is 0 Å². The van der Waals surface area contributed by atoms with Gasteiger partial charge in [-0.25, -0.2) is 9.82 Å². The molecular weight excluding hydrogens is 264 g/mol. The van der Waals surface area contributed by atoms with Crippen molar-refractivity contribution in [2.75, 3.05) is 0 Å². The lowest BCUT2D eigenvalue weighted by Gasteiger charge is -2.15. The van der Waals surface area contributed by atoms with E-state index in [0.29, 0.717) is 11.8 Å². The van der Waals surface area contributed by atoms with Crippen LogP contribution in [0, 0.1) is 5.82 Å². The van der Waals surface area contributed by atoms with Crippen molar-refractivity contribution in [3.05, 3.63) is 59.3 Å². The molecule has 0 spiro atoms. The third-order valence-electron chi connectivity index (χ3n) is 2.63. The van der Waals surface area contributed by atoms with Gasteiger partial charge in [0.25, 0.3) is 0 Å². The fourth-order valence-electron chi connectivity index (χ4n) is 1.74. The number of furan rings is 1. The van der Waals surface area contributed by atoms with E-state index >= 15 is 0 Å². The van der Waals surface area contributed by atoms with Crippen molar-refractivity contribution >= 4 is 0 Å². The van der Waals surface area contributed by atoms with E-state index in [1.54, 1.807) is 12.1 Å². The third-order valence-corrected chi connectivity index (χ3v) is 2.63. The van der Waals surface area contributed by atoms with Crippen LogP contribution in [0.5, 0.6) is 0 Å². The normalized spacial score (nSPS) is 13.5. The second kappa shape index (κ2) is 5.02. The van der Waals surface area contributed by atoms with E-state index in [2.05, 4.69) is 5.43 Å². The summed E-state index contributed by atoms with van der Waals surface area (Å²) in [7, 11) is 0.